The van der Waals surface area contributed by atoms with Crippen molar-refractivity contribution in [2.75, 3.05) is 7.05 Å². The summed E-state index contributed by atoms with van der Waals surface area (Å²) in [4.78, 5) is 10.1. The monoisotopic (exact) mass is 277 g/mol. The molecule has 0 saturated heterocycles. The summed E-state index contributed by atoms with van der Waals surface area (Å²) in [5, 5.41) is 26.4. The van der Waals surface area contributed by atoms with Crippen molar-refractivity contribution in [1.29, 1.82) is 0 Å². The van der Waals surface area contributed by atoms with Crippen molar-refractivity contribution in [1.82, 2.24) is 5.01 Å². The Morgan fingerprint density at radius 3 is 2.70 bits per heavy atom. The zero-order chi connectivity index (χ0) is 14.5. The minimum absolute atomic E-state index is 0.0749. The van der Waals surface area contributed by atoms with Gasteiger partial charge in [0.25, 0.3) is 5.69 Å². The van der Waals surface area contributed by atoms with Crippen LogP contribution in [0.4, 0.5) is 5.69 Å². The normalized spacial score (nSPS) is 22.9. The fourth-order valence-corrected chi connectivity index (χ4v) is 2.41. The van der Waals surface area contributed by atoms with Crippen molar-refractivity contribution in [3.63, 3.8) is 0 Å². The summed E-state index contributed by atoms with van der Waals surface area (Å²) in [6, 6.07) is 6.53. The summed E-state index contributed by atoms with van der Waals surface area (Å²) >= 11 is 0. The number of aliphatic hydroxyl groups excluding tert-OH is 1. The van der Waals surface area contributed by atoms with Gasteiger partial charge in [-0.2, -0.15) is 5.10 Å². The second-order valence-electron chi connectivity index (χ2n) is 5.14. The fraction of sp³-hybridized carbons (Fsp3) is 0.500. The smallest absolute Gasteiger partial charge is 0.269 e. The zero-order valence-corrected chi connectivity index (χ0v) is 11.5. The van der Waals surface area contributed by atoms with Crippen LogP contribution in [0.1, 0.15) is 31.2 Å². The Labute approximate surface area is 117 Å². The number of nitro groups is 1. The minimum atomic E-state index is -0.420. The maximum Gasteiger partial charge on any atom is 0.269 e. The van der Waals surface area contributed by atoms with Crippen LogP contribution < -0.4 is 0 Å². The molecule has 1 fully saturated rings. The van der Waals surface area contributed by atoms with Crippen LogP contribution in [0.15, 0.2) is 29.4 Å². The van der Waals surface area contributed by atoms with E-state index in [0.29, 0.717) is 0 Å². The van der Waals surface area contributed by atoms with Crippen LogP contribution in [-0.4, -0.2) is 40.4 Å². The molecule has 0 radical (unpaired) electrons. The lowest BCUT2D eigenvalue weighted by molar-refractivity contribution is -0.384. The topological polar surface area (TPSA) is 79.0 Å². The molecule has 108 valence electrons. The first-order valence-electron chi connectivity index (χ1n) is 6.75. The lowest BCUT2D eigenvalue weighted by Gasteiger charge is -2.31. The Hall–Kier alpha value is -1.95. The largest absolute Gasteiger partial charge is 0.393 e. The molecule has 1 aromatic carbocycles. The van der Waals surface area contributed by atoms with Gasteiger partial charge in [-0.1, -0.05) is 0 Å². The molecule has 1 aliphatic rings. The van der Waals surface area contributed by atoms with Gasteiger partial charge in [0.1, 0.15) is 0 Å². The minimum Gasteiger partial charge on any atom is -0.393 e. The average Bonchev–Trinajstić information content (AvgIpc) is 2.45. The maximum atomic E-state index is 10.6. The summed E-state index contributed by atoms with van der Waals surface area (Å²) in [5.74, 6) is 0. The molecule has 0 spiro atoms. The molecule has 1 aliphatic carbocycles. The number of benzene rings is 1. The molecule has 0 amide bonds. The van der Waals surface area contributed by atoms with Gasteiger partial charge in [-0.15, -0.1) is 0 Å². The van der Waals surface area contributed by atoms with Gasteiger partial charge >= 0.3 is 0 Å². The van der Waals surface area contributed by atoms with E-state index in [9.17, 15) is 15.2 Å². The Morgan fingerprint density at radius 2 is 2.10 bits per heavy atom. The molecule has 1 N–H and O–H groups in total. The van der Waals surface area contributed by atoms with Crippen LogP contribution in [0.25, 0.3) is 0 Å². The van der Waals surface area contributed by atoms with Crippen LogP contribution in [-0.2, 0) is 0 Å². The molecular weight excluding hydrogens is 258 g/mol. The van der Waals surface area contributed by atoms with Gasteiger partial charge in [0.2, 0.25) is 0 Å². The summed E-state index contributed by atoms with van der Waals surface area (Å²) in [6.45, 7) is 0. The number of aliphatic hydroxyl groups is 1. The van der Waals surface area contributed by atoms with Crippen LogP contribution in [0.2, 0.25) is 0 Å². The molecule has 0 bridgehead atoms. The molecule has 0 heterocycles. The highest BCUT2D eigenvalue weighted by molar-refractivity contribution is 5.79. The first-order chi connectivity index (χ1) is 9.56. The Bertz CT molecular complexity index is 487. The van der Waals surface area contributed by atoms with E-state index in [1.807, 2.05) is 12.1 Å². The Kier molecular flexibility index (Phi) is 4.68. The van der Waals surface area contributed by atoms with Crippen LogP contribution in [0, 0.1) is 10.1 Å². The molecular formula is C14H19N3O3. The molecule has 1 saturated carbocycles. The SMILES string of the molecule is CN(/N=C/c1ccc([N+](=O)[O-])cc1)[C@H]1CCC[C@@H](O)C1. The average molecular weight is 277 g/mol. The fourth-order valence-electron chi connectivity index (χ4n) is 2.41. The predicted molar refractivity (Wildman–Crippen MR) is 76.7 cm³/mol. The summed E-state index contributed by atoms with van der Waals surface area (Å²) in [7, 11) is 1.89. The predicted octanol–water partition coefficient (Wildman–Crippen LogP) is 2.16. The third-order valence-electron chi connectivity index (χ3n) is 3.64. The molecule has 0 aromatic heterocycles. The highest BCUT2D eigenvalue weighted by atomic mass is 16.6. The number of nitro benzene ring substituents is 1. The number of rotatable bonds is 4. The van der Waals surface area contributed by atoms with Crippen molar-refractivity contribution in [3.05, 3.63) is 39.9 Å². The number of hydrogen-bond donors (Lipinski definition) is 1. The van der Waals surface area contributed by atoms with Gasteiger partial charge in [0, 0.05) is 25.2 Å². The van der Waals surface area contributed by atoms with Crippen molar-refractivity contribution < 1.29 is 10.0 Å². The molecule has 1 aromatic rings. The van der Waals surface area contributed by atoms with Gasteiger partial charge in [-0.3, -0.25) is 15.1 Å². The number of hydrazone groups is 1. The second kappa shape index (κ2) is 6.47. The van der Waals surface area contributed by atoms with E-state index in [2.05, 4.69) is 5.10 Å². The number of non-ortho nitro benzene ring substituents is 1. The molecule has 0 aliphatic heterocycles. The first-order valence-corrected chi connectivity index (χ1v) is 6.75. The van der Waals surface area contributed by atoms with Crippen LogP contribution >= 0.6 is 0 Å². The van der Waals surface area contributed by atoms with E-state index >= 15 is 0 Å². The van der Waals surface area contributed by atoms with Crippen molar-refractivity contribution in [2.24, 2.45) is 5.10 Å². The van der Waals surface area contributed by atoms with Gasteiger partial charge in [-0.25, -0.2) is 0 Å². The molecule has 6 nitrogen and oxygen atoms in total. The van der Waals surface area contributed by atoms with E-state index in [-0.39, 0.29) is 17.8 Å². The van der Waals surface area contributed by atoms with E-state index in [0.717, 1.165) is 31.2 Å². The van der Waals surface area contributed by atoms with Crippen LogP contribution in [0.5, 0.6) is 0 Å². The number of hydrogen-bond acceptors (Lipinski definition) is 5. The van der Waals surface area contributed by atoms with Crippen LogP contribution in [0.3, 0.4) is 0 Å². The lowest BCUT2D eigenvalue weighted by Crippen LogP contribution is -2.34. The van der Waals surface area contributed by atoms with Crippen molar-refractivity contribution in [3.8, 4) is 0 Å². The lowest BCUT2D eigenvalue weighted by atomic mass is 9.93. The maximum absolute atomic E-state index is 10.6. The van der Waals surface area contributed by atoms with Crippen molar-refractivity contribution >= 4 is 11.9 Å². The standard InChI is InChI=1S/C14H19N3O3/c1-16(13-3-2-4-14(18)9-13)15-10-11-5-7-12(8-6-11)17(19)20/h5-8,10,13-14,18H,2-4,9H2,1H3/b15-10+/t13-,14+/m0/s1. The van der Waals surface area contributed by atoms with E-state index < -0.39 is 4.92 Å². The molecule has 2 atom stereocenters. The molecule has 20 heavy (non-hydrogen) atoms. The van der Waals surface area contributed by atoms with Gasteiger partial charge in [0.05, 0.1) is 17.2 Å². The molecule has 6 heteroatoms. The van der Waals surface area contributed by atoms with E-state index in [1.54, 1.807) is 18.3 Å². The van der Waals surface area contributed by atoms with Crippen molar-refractivity contribution in [2.45, 2.75) is 37.8 Å². The highest BCUT2D eigenvalue weighted by Gasteiger charge is 2.22. The summed E-state index contributed by atoms with van der Waals surface area (Å²) < 4.78 is 0. The Balaban J connectivity index is 1.95. The first kappa shape index (κ1) is 14.5. The zero-order valence-electron chi connectivity index (χ0n) is 11.5. The number of nitrogens with zero attached hydrogens (tertiary/aromatic N) is 3. The third kappa shape index (κ3) is 3.77. The van der Waals surface area contributed by atoms with Gasteiger partial charge in [0.15, 0.2) is 0 Å². The summed E-state index contributed by atoms with van der Waals surface area (Å²) in [6.07, 6.45) is 5.12. The summed E-state index contributed by atoms with van der Waals surface area (Å²) in [5.41, 5.74) is 0.893. The van der Waals surface area contributed by atoms with E-state index in [4.69, 9.17) is 0 Å². The third-order valence-corrected chi connectivity index (χ3v) is 3.64. The van der Waals surface area contributed by atoms with Gasteiger partial charge < -0.3 is 5.11 Å². The van der Waals surface area contributed by atoms with Gasteiger partial charge in [-0.05, 0) is 43.4 Å². The highest BCUT2D eigenvalue weighted by Crippen LogP contribution is 2.22. The molecule has 2 rings (SSSR count). The quantitative estimate of drug-likeness (QED) is 0.519. The Morgan fingerprint density at radius 1 is 1.40 bits per heavy atom. The second-order valence-corrected chi connectivity index (χ2v) is 5.14. The molecule has 0 unspecified atom stereocenters. The van der Waals surface area contributed by atoms with E-state index in [1.165, 1.54) is 12.1 Å².